The number of amides is 1. The predicted octanol–water partition coefficient (Wildman–Crippen LogP) is 4.99. The minimum absolute atomic E-state index is 0.0922. The van der Waals surface area contributed by atoms with Crippen molar-refractivity contribution in [3.8, 4) is 5.75 Å². The Hall–Kier alpha value is -3.06. The molecule has 1 heterocycles. The third kappa shape index (κ3) is 4.89. The Morgan fingerprint density at radius 1 is 1.15 bits per heavy atom. The molecule has 1 aromatic heterocycles. The summed E-state index contributed by atoms with van der Waals surface area (Å²) in [6.07, 6.45) is 8.75. The van der Waals surface area contributed by atoms with Crippen LogP contribution in [0.1, 0.15) is 44.1 Å². The minimum Gasteiger partial charge on any atom is -0.497 e. The first-order valence-corrected chi connectivity index (χ1v) is 12.9. The molecule has 6 nitrogen and oxygen atoms in total. The van der Waals surface area contributed by atoms with Gasteiger partial charge in [-0.15, -0.1) is 0 Å². The van der Waals surface area contributed by atoms with Gasteiger partial charge in [-0.25, -0.2) is 4.98 Å². The molecule has 1 saturated carbocycles. The highest BCUT2D eigenvalue weighted by molar-refractivity contribution is 7.99. The van der Waals surface area contributed by atoms with Crippen molar-refractivity contribution < 1.29 is 9.53 Å². The highest BCUT2D eigenvalue weighted by Crippen LogP contribution is 2.34. The lowest BCUT2D eigenvalue weighted by atomic mass is 10.0. The number of nitrogens with zero attached hydrogens (tertiary/aromatic N) is 3. The van der Waals surface area contributed by atoms with Gasteiger partial charge in [0.15, 0.2) is 5.16 Å². The lowest BCUT2D eigenvalue weighted by Gasteiger charge is -2.27. The van der Waals surface area contributed by atoms with Gasteiger partial charge in [0.05, 0.1) is 30.3 Å². The fraction of sp³-hybridized carbons (Fsp3) is 0.370. The van der Waals surface area contributed by atoms with E-state index in [1.165, 1.54) is 23.9 Å². The van der Waals surface area contributed by atoms with Crippen LogP contribution in [0.15, 0.2) is 70.3 Å². The first-order valence-electron chi connectivity index (χ1n) is 11.9. The summed E-state index contributed by atoms with van der Waals surface area (Å²) in [4.78, 5) is 33.5. The van der Waals surface area contributed by atoms with Gasteiger partial charge in [-0.2, -0.15) is 0 Å². The lowest BCUT2D eigenvalue weighted by Crippen LogP contribution is -2.34. The average Bonchev–Trinajstić information content (AvgIpc) is 3.71. The maximum absolute atomic E-state index is 13.4. The number of allylic oxidation sites excluding steroid dienone is 2. The minimum atomic E-state index is -0.0922. The van der Waals surface area contributed by atoms with Crippen molar-refractivity contribution in [2.24, 2.45) is 0 Å². The van der Waals surface area contributed by atoms with E-state index in [-0.39, 0.29) is 17.2 Å². The van der Waals surface area contributed by atoms with Crippen LogP contribution < -0.4 is 10.3 Å². The number of hydrogen-bond acceptors (Lipinski definition) is 5. The highest BCUT2D eigenvalue weighted by Gasteiger charge is 2.35. The fourth-order valence-corrected chi connectivity index (χ4v) is 5.34. The second kappa shape index (κ2) is 10.1. The van der Waals surface area contributed by atoms with E-state index in [4.69, 9.17) is 9.72 Å². The van der Waals surface area contributed by atoms with Crippen molar-refractivity contribution >= 4 is 28.6 Å². The highest BCUT2D eigenvalue weighted by atomic mass is 32.2. The fourth-order valence-electron chi connectivity index (χ4n) is 4.48. The van der Waals surface area contributed by atoms with Crippen molar-refractivity contribution in [2.75, 3.05) is 12.9 Å². The number of rotatable bonds is 8. The van der Waals surface area contributed by atoms with E-state index < -0.39 is 0 Å². The smallest absolute Gasteiger partial charge is 0.262 e. The molecule has 0 unspecified atom stereocenters. The number of hydrogen-bond donors (Lipinski definition) is 0. The molecule has 0 aliphatic heterocycles. The summed E-state index contributed by atoms with van der Waals surface area (Å²) in [6, 6.07) is 15.4. The van der Waals surface area contributed by atoms with Gasteiger partial charge in [0.1, 0.15) is 5.75 Å². The number of aromatic nitrogens is 2. The SMILES string of the molecule is COc1ccc(Cn2c(SCC(=O)N(C3=CCCCC3)C3CC3)nc3ccccc3c2=O)cc1. The third-order valence-corrected chi connectivity index (χ3v) is 7.37. The Morgan fingerprint density at radius 3 is 2.65 bits per heavy atom. The van der Waals surface area contributed by atoms with Crippen LogP contribution in [0.4, 0.5) is 0 Å². The van der Waals surface area contributed by atoms with Crippen LogP contribution in [0, 0.1) is 0 Å². The first-order chi connectivity index (χ1) is 16.6. The van der Waals surface area contributed by atoms with Crippen molar-refractivity contribution in [1.82, 2.24) is 14.5 Å². The summed E-state index contributed by atoms with van der Waals surface area (Å²) < 4.78 is 6.94. The molecular formula is C27H29N3O3S. The normalized spacial score (nSPS) is 15.7. The number of thioether (sulfide) groups is 1. The van der Waals surface area contributed by atoms with E-state index in [0.717, 1.165) is 43.4 Å². The zero-order valence-electron chi connectivity index (χ0n) is 19.4. The van der Waals surface area contributed by atoms with Gasteiger partial charge in [-0.1, -0.05) is 42.1 Å². The Bertz CT molecular complexity index is 1280. The van der Waals surface area contributed by atoms with E-state index in [1.54, 1.807) is 17.7 Å². The maximum Gasteiger partial charge on any atom is 0.262 e. The Balaban J connectivity index is 1.43. The van der Waals surface area contributed by atoms with Crippen LogP contribution in [0.3, 0.4) is 0 Å². The van der Waals surface area contributed by atoms with E-state index in [1.807, 2.05) is 47.4 Å². The van der Waals surface area contributed by atoms with Crippen LogP contribution in [0.2, 0.25) is 0 Å². The Labute approximate surface area is 203 Å². The summed E-state index contributed by atoms with van der Waals surface area (Å²) in [5.41, 5.74) is 2.72. The molecule has 5 rings (SSSR count). The van der Waals surface area contributed by atoms with Gasteiger partial charge in [0.2, 0.25) is 5.91 Å². The van der Waals surface area contributed by atoms with Crippen LogP contribution in [-0.2, 0) is 11.3 Å². The summed E-state index contributed by atoms with van der Waals surface area (Å²) in [5.74, 6) is 1.14. The molecule has 2 aromatic carbocycles. The Kier molecular flexibility index (Phi) is 6.72. The lowest BCUT2D eigenvalue weighted by molar-refractivity contribution is -0.127. The van der Waals surface area contributed by atoms with Crippen molar-refractivity contribution in [1.29, 1.82) is 0 Å². The molecule has 0 atom stereocenters. The standard InChI is InChI=1S/C27H29N3O3S/c1-33-22-15-11-19(12-16-22)17-29-26(32)23-9-5-6-10-24(23)28-27(29)34-18-25(31)30(21-13-14-21)20-7-3-2-4-8-20/h5-7,9-12,15-16,21H,2-4,8,13-14,17-18H2,1H3. The van der Waals surface area contributed by atoms with Crippen LogP contribution in [0.25, 0.3) is 10.9 Å². The number of ether oxygens (including phenoxy) is 1. The van der Waals surface area contributed by atoms with Crippen LogP contribution >= 0.6 is 11.8 Å². The molecule has 3 aromatic rings. The van der Waals surface area contributed by atoms with Crippen molar-refractivity contribution in [3.63, 3.8) is 0 Å². The zero-order valence-corrected chi connectivity index (χ0v) is 20.2. The van der Waals surface area contributed by atoms with Gasteiger partial charge in [-0.3, -0.25) is 14.2 Å². The summed E-state index contributed by atoms with van der Waals surface area (Å²) >= 11 is 1.36. The van der Waals surface area contributed by atoms with Gasteiger partial charge in [-0.05, 0) is 68.4 Å². The van der Waals surface area contributed by atoms with Crippen LogP contribution in [0.5, 0.6) is 5.75 Å². The molecule has 1 amide bonds. The molecule has 0 N–H and O–H groups in total. The molecule has 7 heteroatoms. The number of para-hydroxylation sites is 1. The molecule has 0 radical (unpaired) electrons. The second-order valence-electron chi connectivity index (χ2n) is 8.88. The maximum atomic E-state index is 13.4. The average molecular weight is 476 g/mol. The van der Waals surface area contributed by atoms with Crippen LogP contribution in [-0.4, -0.2) is 39.3 Å². The molecule has 1 fully saturated rings. The largest absolute Gasteiger partial charge is 0.497 e. The van der Waals surface area contributed by atoms with Gasteiger partial charge >= 0.3 is 0 Å². The quantitative estimate of drug-likeness (QED) is 0.339. The number of fused-ring (bicyclic) bond motifs is 1. The topological polar surface area (TPSA) is 64.4 Å². The second-order valence-corrected chi connectivity index (χ2v) is 9.82. The molecule has 2 aliphatic carbocycles. The first kappa shape index (κ1) is 22.7. The van der Waals surface area contributed by atoms with E-state index in [0.29, 0.717) is 28.6 Å². The van der Waals surface area contributed by atoms with Crippen molar-refractivity contribution in [2.45, 2.75) is 56.3 Å². The van der Waals surface area contributed by atoms with Crippen molar-refractivity contribution in [3.05, 3.63) is 76.2 Å². The monoisotopic (exact) mass is 475 g/mol. The molecule has 34 heavy (non-hydrogen) atoms. The molecule has 0 bridgehead atoms. The molecule has 2 aliphatic rings. The Morgan fingerprint density at radius 2 is 1.94 bits per heavy atom. The van der Waals surface area contributed by atoms with E-state index in [9.17, 15) is 9.59 Å². The predicted molar refractivity (Wildman–Crippen MR) is 135 cm³/mol. The molecule has 0 saturated heterocycles. The number of carbonyl (C=O) groups is 1. The summed E-state index contributed by atoms with van der Waals surface area (Å²) in [5, 5.41) is 1.15. The number of carbonyl (C=O) groups excluding carboxylic acids is 1. The summed E-state index contributed by atoms with van der Waals surface area (Å²) in [6.45, 7) is 0.384. The summed E-state index contributed by atoms with van der Waals surface area (Å²) in [7, 11) is 1.63. The van der Waals surface area contributed by atoms with Gasteiger partial charge in [0.25, 0.3) is 5.56 Å². The number of benzene rings is 2. The number of methoxy groups -OCH3 is 1. The van der Waals surface area contributed by atoms with Gasteiger partial charge < -0.3 is 9.64 Å². The van der Waals surface area contributed by atoms with E-state index >= 15 is 0 Å². The van der Waals surface area contributed by atoms with E-state index in [2.05, 4.69) is 6.08 Å². The molecular weight excluding hydrogens is 446 g/mol. The third-order valence-electron chi connectivity index (χ3n) is 6.41. The zero-order chi connectivity index (χ0) is 23.5. The molecule has 0 spiro atoms. The molecule has 176 valence electrons. The van der Waals surface area contributed by atoms with Gasteiger partial charge in [0, 0.05) is 11.7 Å².